The monoisotopic (exact) mass is 332 g/mol. The minimum atomic E-state index is -0.828. The Morgan fingerprint density at radius 2 is 2.12 bits per heavy atom. The highest BCUT2D eigenvalue weighted by Crippen LogP contribution is 2.31. The van der Waals surface area contributed by atoms with Crippen molar-refractivity contribution in [3.05, 3.63) is 24.3 Å². The first-order valence-corrected chi connectivity index (χ1v) is 8.06. The summed E-state index contributed by atoms with van der Waals surface area (Å²) in [6.07, 6.45) is 1.14. The number of anilines is 1. The van der Waals surface area contributed by atoms with E-state index in [4.69, 9.17) is 9.47 Å². The quantitative estimate of drug-likeness (QED) is 0.786. The second-order valence-corrected chi connectivity index (χ2v) is 5.97. The molecule has 1 N–H and O–H groups in total. The van der Waals surface area contributed by atoms with Gasteiger partial charge in [-0.3, -0.25) is 14.4 Å². The van der Waals surface area contributed by atoms with Crippen molar-refractivity contribution in [2.75, 3.05) is 18.1 Å². The molecule has 128 valence electrons. The zero-order valence-corrected chi connectivity index (χ0v) is 13.5. The molecule has 1 fully saturated rings. The number of hydrogen-bond acceptors (Lipinski definition) is 5. The Balaban J connectivity index is 1.52. The molecule has 7 nitrogen and oxygen atoms in total. The van der Waals surface area contributed by atoms with Gasteiger partial charge in [0.2, 0.25) is 0 Å². The molecule has 1 saturated carbocycles. The summed E-state index contributed by atoms with van der Waals surface area (Å²) in [6, 6.07) is 7.39. The second-order valence-electron chi connectivity index (χ2n) is 5.97. The number of fused-ring (bicyclic) bond motifs is 1. The molecule has 2 amide bonds. The molecule has 1 heterocycles. The van der Waals surface area contributed by atoms with Crippen molar-refractivity contribution in [2.45, 2.75) is 38.3 Å². The lowest BCUT2D eigenvalue weighted by Crippen LogP contribution is -2.41. The zero-order valence-electron chi connectivity index (χ0n) is 13.5. The van der Waals surface area contributed by atoms with E-state index in [1.807, 2.05) is 6.07 Å². The fourth-order valence-corrected chi connectivity index (χ4v) is 2.46. The minimum Gasteiger partial charge on any atom is -0.482 e. The maximum Gasteiger partial charge on any atom is 0.308 e. The smallest absolute Gasteiger partial charge is 0.308 e. The molecule has 1 atom stereocenters. The van der Waals surface area contributed by atoms with Gasteiger partial charge < -0.3 is 19.7 Å². The lowest BCUT2D eigenvalue weighted by atomic mass is 10.2. The van der Waals surface area contributed by atoms with Gasteiger partial charge in [0, 0.05) is 12.6 Å². The molecule has 1 aliphatic heterocycles. The summed E-state index contributed by atoms with van der Waals surface area (Å²) in [5, 5.41) is 2.79. The highest BCUT2D eigenvalue weighted by molar-refractivity contribution is 5.98. The van der Waals surface area contributed by atoms with Gasteiger partial charge in [-0.15, -0.1) is 0 Å². The van der Waals surface area contributed by atoms with Crippen LogP contribution in [0.2, 0.25) is 0 Å². The van der Waals surface area contributed by atoms with E-state index in [0.717, 1.165) is 12.8 Å². The number of rotatable bonds is 6. The molecule has 0 bridgehead atoms. The van der Waals surface area contributed by atoms with E-state index in [1.54, 1.807) is 25.1 Å². The Bertz CT molecular complexity index is 656. The van der Waals surface area contributed by atoms with Crippen LogP contribution in [-0.4, -0.2) is 43.1 Å². The summed E-state index contributed by atoms with van der Waals surface area (Å²) < 4.78 is 10.5. The summed E-state index contributed by atoms with van der Waals surface area (Å²) in [4.78, 5) is 37.3. The van der Waals surface area contributed by atoms with E-state index >= 15 is 0 Å². The molecule has 0 spiro atoms. The van der Waals surface area contributed by atoms with Gasteiger partial charge >= 0.3 is 5.97 Å². The molecule has 1 aliphatic carbocycles. The summed E-state index contributed by atoms with van der Waals surface area (Å²) >= 11 is 0. The van der Waals surface area contributed by atoms with E-state index in [0.29, 0.717) is 11.4 Å². The number of amides is 2. The second kappa shape index (κ2) is 6.90. The molecule has 0 aromatic heterocycles. The maximum atomic E-state index is 12.0. The van der Waals surface area contributed by atoms with Crippen LogP contribution in [0.1, 0.15) is 26.2 Å². The van der Waals surface area contributed by atoms with Crippen molar-refractivity contribution in [3.8, 4) is 5.75 Å². The van der Waals surface area contributed by atoms with Crippen molar-refractivity contribution in [1.82, 2.24) is 5.32 Å². The molecule has 0 unspecified atom stereocenters. The van der Waals surface area contributed by atoms with Crippen molar-refractivity contribution < 1.29 is 23.9 Å². The molecular formula is C17H20N2O5. The Hall–Kier alpha value is -2.57. The molecular weight excluding hydrogens is 312 g/mol. The number of ether oxygens (including phenoxy) is 2. The van der Waals surface area contributed by atoms with Crippen molar-refractivity contribution in [1.29, 1.82) is 0 Å². The normalized spacial score (nSPS) is 17.5. The first kappa shape index (κ1) is 16.3. The Morgan fingerprint density at radius 3 is 2.88 bits per heavy atom. The number of nitrogens with zero attached hydrogens (tertiary/aromatic N) is 1. The van der Waals surface area contributed by atoms with Crippen molar-refractivity contribution in [2.24, 2.45) is 0 Å². The van der Waals surface area contributed by atoms with Crippen LogP contribution in [0.15, 0.2) is 24.3 Å². The van der Waals surface area contributed by atoms with Crippen LogP contribution in [0, 0.1) is 0 Å². The van der Waals surface area contributed by atoms with E-state index in [1.165, 1.54) is 4.90 Å². The zero-order chi connectivity index (χ0) is 17.1. The van der Waals surface area contributed by atoms with Crippen LogP contribution in [0.3, 0.4) is 0 Å². The largest absolute Gasteiger partial charge is 0.482 e. The molecule has 24 heavy (non-hydrogen) atoms. The number of para-hydroxylation sites is 2. The number of nitrogens with one attached hydrogen (secondary N) is 1. The predicted octanol–water partition coefficient (Wildman–Crippen LogP) is 1.01. The Morgan fingerprint density at radius 1 is 1.38 bits per heavy atom. The number of benzene rings is 1. The van der Waals surface area contributed by atoms with Gasteiger partial charge in [0.15, 0.2) is 12.7 Å². The van der Waals surface area contributed by atoms with Gasteiger partial charge in [-0.2, -0.15) is 0 Å². The third-order valence-corrected chi connectivity index (χ3v) is 3.95. The Labute approximate surface area is 139 Å². The summed E-state index contributed by atoms with van der Waals surface area (Å²) in [5.41, 5.74) is 0.640. The van der Waals surface area contributed by atoms with Gasteiger partial charge in [-0.25, -0.2) is 0 Å². The first-order valence-electron chi connectivity index (χ1n) is 8.06. The van der Waals surface area contributed by atoms with E-state index in [-0.39, 0.29) is 37.4 Å². The van der Waals surface area contributed by atoms with E-state index in [2.05, 4.69) is 5.32 Å². The number of carbonyl (C=O) groups excluding carboxylic acids is 3. The standard InChI is InChI=1S/C17H20N2O5/c1-11(17(22)18-12-6-7-12)24-16(21)8-9-19-13-4-2-3-5-14(13)23-10-15(19)20/h2-5,11-12H,6-10H2,1H3,(H,18,22)/t11-/m0/s1. The van der Waals surface area contributed by atoms with Crippen molar-refractivity contribution in [3.63, 3.8) is 0 Å². The van der Waals surface area contributed by atoms with Crippen LogP contribution in [0.5, 0.6) is 5.75 Å². The molecule has 7 heteroatoms. The maximum absolute atomic E-state index is 12.0. The van der Waals surface area contributed by atoms with Crippen molar-refractivity contribution >= 4 is 23.5 Å². The molecule has 2 aliphatic rings. The minimum absolute atomic E-state index is 0.0150. The molecule has 3 rings (SSSR count). The third-order valence-electron chi connectivity index (χ3n) is 3.95. The van der Waals surface area contributed by atoms with Gasteiger partial charge in [0.05, 0.1) is 12.1 Å². The predicted molar refractivity (Wildman–Crippen MR) is 85.6 cm³/mol. The average Bonchev–Trinajstić information content (AvgIpc) is 3.37. The summed E-state index contributed by atoms with van der Waals surface area (Å²) in [6.45, 7) is 1.69. The van der Waals surface area contributed by atoms with Gasteiger partial charge in [-0.05, 0) is 31.9 Å². The van der Waals surface area contributed by atoms with Crippen LogP contribution in [-0.2, 0) is 19.1 Å². The van der Waals surface area contributed by atoms with Crippen LogP contribution in [0.4, 0.5) is 5.69 Å². The summed E-state index contributed by atoms with van der Waals surface area (Å²) in [7, 11) is 0. The highest BCUT2D eigenvalue weighted by Gasteiger charge is 2.28. The van der Waals surface area contributed by atoms with Gasteiger partial charge in [0.1, 0.15) is 5.75 Å². The number of hydrogen-bond donors (Lipinski definition) is 1. The van der Waals surface area contributed by atoms with Gasteiger partial charge in [0.25, 0.3) is 11.8 Å². The molecule has 1 aromatic rings. The third kappa shape index (κ3) is 3.84. The Kier molecular flexibility index (Phi) is 4.69. The fourth-order valence-electron chi connectivity index (χ4n) is 2.46. The SMILES string of the molecule is C[C@H](OC(=O)CCN1C(=O)COc2ccccc21)C(=O)NC1CC1. The highest BCUT2D eigenvalue weighted by atomic mass is 16.5. The first-order chi connectivity index (χ1) is 11.5. The lowest BCUT2D eigenvalue weighted by Gasteiger charge is -2.29. The van der Waals surface area contributed by atoms with Crippen LogP contribution in [0.25, 0.3) is 0 Å². The van der Waals surface area contributed by atoms with Crippen LogP contribution >= 0.6 is 0 Å². The van der Waals surface area contributed by atoms with Crippen LogP contribution < -0.4 is 15.0 Å². The topological polar surface area (TPSA) is 84.9 Å². The molecule has 1 aromatic carbocycles. The lowest BCUT2D eigenvalue weighted by molar-refractivity contribution is -0.154. The number of carbonyl (C=O) groups is 3. The number of esters is 1. The van der Waals surface area contributed by atoms with E-state index < -0.39 is 12.1 Å². The van der Waals surface area contributed by atoms with Gasteiger partial charge in [-0.1, -0.05) is 12.1 Å². The fraction of sp³-hybridized carbons (Fsp3) is 0.471. The molecule has 0 radical (unpaired) electrons. The molecule has 0 saturated heterocycles. The summed E-state index contributed by atoms with van der Waals surface area (Å²) in [5.74, 6) is -0.382. The average molecular weight is 332 g/mol. The van der Waals surface area contributed by atoms with E-state index in [9.17, 15) is 14.4 Å².